The highest BCUT2D eigenvalue weighted by Gasteiger charge is 2.14. The molecule has 29 heavy (non-hydrogen) atoms. The number of anilines is 1. The first-order chi connectivity index (χ1) is 14.2. The Kier molecular flexibility index (Phi) is 4.62. The van der Waals surface area contributed by atoms with Gasteiger partial charge >= 0.3 is 0 Å². The van der Waals surface area contributed by atoms with Crippen molar-refractivity contribution in [2.75, 3.05) is 18.5 Å². The average molecular weight is 402 g/mol. The summed E-state index contributed by atoms with van der Waals surface area (Å²) >= 11 is 1.64. The lowest BCUT2D eigenvalue weighted by Gasteiger charge is -2.18. The summed E-state index contributed by atoms with van der Waals surface area (Å²) in [5.41, 5.74) is 3.61. The standard InChI is InChI=1S/C23H18N2O3S/c26-22(13-15-8-9-19-20(12-15)28-11-10-27-19)24-17-5-3-4-16(14-17)23-25-18-6-1-2-7-21(18)29-23/h1-9,12,14H,10-11,13H2,(H,24,26). The lowest BCUT2D eigenvalue weighted by Crippen LogP contribution is -2.17. The van der Waals surface area contributed by atoms with Gasteiger partial charge in [0.1, 0.15) is 18.2 Å². The molecule has 1 aromatic heterocycles. The van der Waals surface area contributed by atoms with E-state index in [2.05, 4.69) is 11.4 Å². The van der Waals surface area contributed by atoms with Gasteiger partial charge in [-0.2, -0.15) is 0 Å². The fourth-order valence-electron chi connectivity index (χ4n) is 3.31. The van der Waals surface area contributed by atoms with Crippen LogP contribution in [0.3, 0.4) is 0 Å². The second-order valence-electron chi connectivity index (χ2n) is 6.77. The Labute approximate surface area is 171 Å². The lowest BCUT2D eigenvalue weighted by molar-refractivity contribution is -0.115. The number of fused-ring (bicyclic) bond motifs is 2. The molecule has 2 heterocycles. The lowest BCUT2D eigenvalue weighted by atomic mass is 10.1. The molecule has 0 unspecified atom stereocenters. The molecule has 1 aliphatic heterocycles. The second kappa shape index (κ2) is 7.56. The average Bonchev–Trinajstić information content (AvgIpc) is 3.18. The summed E-state index contributed by atoms with van der Waals surface area (Å²) in [5, 5.41) is 3.92. The SMILES string of the molecule is O=C(Cc1ccc2c(c1)OCCO2)Nc1cccc(-c2nc3ccccc3s2)c1. The number of thiazole rings is 1. The first-order valence-corrected chi connectivity index (χ1v) is 10.2. The number of carbonyl (C=O) groups is 1. The largest absolute Gasteiger partial charge is 0.486 e. The highest BCUT2D eigenvalue weighted by molar-refractivity contribution is 7.21. The zero-order valence-corrected chi connectivity index (χ0v) is 16.4. The smallest absolute Gasteiger partial charge is 0.228 e. The summed E-state index contributed by atoms with van der Waals surface area (Å²) in [6.07, 6.45) is 0.266. The van der Waals surface area contributed by atoms with Gasteiger partial charge < -0.3 is 14.8 Å². The number of hydrogen-bond acceptors (Lipinski definition) is 5. The number of aromatic nitrogens is 1. The highest BCUT2D eigenvalue weighted by atomic mass is 32.1. The van der Waals surface area contributed by atoms with Crippen molar-refractivity contribution in [1.82, 2.24) is 4.98 Å². The number of nitrogens with one attached hydrogen (secondary N) is 1. The van der Waals surface area contributed by atoms with Crippen LogP contribution in [0.5, 0.6) is 11.5 Å². The molecule has 6 heteroatoms. The minimum atomic E-state index is -0.0804. The molecule has 0 radical (unpaired) electrons. The number of carbonyl (C=O) groups excluding carboxylic acids is 1. The van der Waals surface area contributed by atoms with Crippen molar-refractivity contribution in [1.29, 1.82) is 0 Å². The number of rotatable bonds is 4. The molecule has 5 nitrogen and oxygen atoms in total. The molecule has 0 saturated carbocycles. The normalized spacial score (nSPS) is 12.7. The van der Waals surface area contributed by atoms with Crippen LogP contribution < -0.4 is 14.8 Å². The third-order valence-corrected chi connectivity index (χ3v) is 5.74. The van der Waals surface area contributed by atoms with Crippen LogP contribution in [0.4, 0.5) is 5.69 Å². The molecule has 144 valence electrons. The third-order valence-electron chi connectivity index (χ3n) is 4.66. The minimum Gasteiger partial charge on any atom is -0.486 e. The van der Waals surface area contributed by atoms with E-state index in [1.165, 1.54) is 0 Å². The third kappa shape index (κ3) is 3.79. The highest BCUT2D eigenvalue weighted by Crippen LogP contribution is 2.32. The summed E-state index contributed by atoms with van der Waals surface area (Å²) < 4.78 is 12.3. The van der Waals surface area contributed by atoms with E-state index in [0.29, 0.717) is 19.0 Å². The summed E-state index contributed by atoms with van der Waals surface area (Å²) in [6.45, 7) is 1.08. The zero-order valence-electron chi connectivity index (χ0n) is 15.6. The maximum Gasteiger partial charge on any atom is 0.228 e. The van der Waals surface area contributed by atoms with Gasteiger partial charge in [-0.1, -0.05) is 30.3 Å². The van der Waals surface area contributed by atoms with E-state index in [4.69, 9.17) is 14.5 Å². The quantitative estimate of drug-likeness (QED) is 0.527. The molecule has 0 aliphatic carbocycles. The van der Waals surface area contributed by atoms with Crippen LogP contribution in [-0.2, 0) is 11.2 Å². The molecule has 0 atom stereocenters. The van der Waals surface area contributed by atoms with E-state index in [0.717, 1.165) is 37.8 Å². The van der Waals surface area contributed by atoms with Crippen molar-refractivity contribution in [2.24, 2.45) is 0 Å². The van der Waals surface area contributed by atoms with Crippen molar-refractivity contribution in [3.63, 3.8) is 0 Å². The molecule has 1 N–H and O–H groups in total. The number of ether oxygens (including phenoxy) is 2. The molecule has 5 rings (SSSR count). The van der Waals surface area contributed by atoms with Crippen LogP contribution in [0, 0.1) is 0 Å². The van der Waals surface area contributed by atoms with Crippen molar-refractivity contribution >= 4 is 33.1 Å². The zero-order chi connectivity index (χ0) is 19.6. The predicted octanol–water partition coefficient (Wildman–Crippen LogP) is 4.92. The van der Waals surface area contributed by atoms with Crippen LogP contribution in [0.2, 0.25) is 0 Å². The monoisotopic (exact) mass is 402 g/mol. The van der Waals surface area contributed by atoms with Gasteiger partial charge in [-0.05, 0) is 42.0 Å². The summed E-state index contributed by atoms with van der Waals surface area (Å²) in [4.78, 5) is 17.2. The van der Waals surface area contributed by atoms with Crippen molar-refractivity contribution in [3.05, 3.63) is 72.3 Å². The topological polar surface area (TPSA) is 60.5 Å². The van der Waals surface area contributed by atoms with Gasteiger partial charge in [-0.15, -0.1) is 11.3 Å². The molecule has 1 aliphatic rings. The summed E-state index contributed by atoms with van der Waals surface area (Å²) in [5.74, 6) is 1.34. The van der Waals surface area contributed by atoms with Gasteiger partial charge in [0.25, 0.3) is 0 Å². The van der Waals surface area contributed by atoms with E-state index in [1.54, 1.807) is 11.3 Å². The Balaban J connectivity index is 1.31. The van der Waals surface area contributed by atoms with Crippen molar-refractivity contribution in [3.8, 4) is 22.1 Å². The van der Waals surface area contributed by atoms with Gasteiger partial charge in [0, 0.05) is 11.3 Å². The van der Waals surface area contributed by atoms with Gasteiger partial charge in [-0.25, -0.2) is 4.98 Å². The molecular formula is C23H18N2O3S. The Hall–Kier alpha value is -3.38. The number of benzene rings is 3. The van der Waals surface area contributed by atoms with Gasteiger partial charge in [0.05, 0.1) is 16.6 Å². The molecule has 3 aromatic carbocycles. The van der Waals surface area contributed by atoms with Crippen LogP contribution >= 0.6 is 11.3 Å². The molecule has 0 fully saturated rings. The van der Waals surface area contributed by atoms with E-state index in [9.17, 15) is 4.79 Å². The Morgan fingerprint density at radius 1 is 0.966 bits per heavy atom. The van der Waals surface area contributed by atoms with Crippen LogP contribution in [-0.4, -0.2) is 24.1 Å². The van der Waals surface area contributed by atoms with E-state index >= 15 is 0 Å². The molecule has 0 saturated heterocycles. The molecular weight excluding hydrogens is 384 g/mol. The predicted molar refractivity (Wildman–Crippen MR) is 115 cm³/mol. The first-order valence-electron chi connectivity index (χ1n) is 9.39. The molecule has 4 aromatic rings. The maximum atomic E-state index is 12.5. The maximum absolute atomic E-state index is 12.5. The Bertz CT molecular complexity index is 1170. The Morgan fingerprint density at radius 2 is 1.83 bits per heavy atom. The van der Waals surface area contributed by atoms with Crippen molar-refractivity contribution in [2.45, 2.75) is 6.42 Å². The van der Waals surface area contributed by atoms with Crippen LogP contribution in [0.1, 0.15) is 5.56 Å². The number of nitrogens with zero attached hydrogens (tertiary/aromatic N) is 1. The van der Waals surface area contributed by atoms with Crippen molar-refractivity contribution < 1.29 is 14.3 Å². The molecule has 0 bridgehead atoms. The van der Waals surface area contributed by atoms with Gasteiger partial charge in [0.2, 0.25) is 5.91 Å². The number of hydrogen-bond donors (Lipinski definition) is 1. The number of amides is 1. The second-order valence-corrected chi connectivity index (χ2v) is 7.80. The van der Waals surface area contributed by atoms with Gasteiger partial charge in [0.15, 0.2) is 11.5 Å². The van der Waals surface area contributed by atoms with E-state index in [1.807, 2.05) is 60.7 Å². The van der Waals surface area contributed by atoms with Crippen LogP contribution in [0.25, 0.3) is 20.8 Å². The Morgan fingerprint density at radius 3 is 2.72 bits per heavy atom. The first kappa shape index (κ1) is 17.7. The molecule has 0 spiro atoms. The fourth-order valence-corrected chi connectivity index (χ4v) is 4.28. The molecule has 1 amide bonds. The summed E-state index contributed by atoms with van der Waals surface area (Å²) in [6, 6.07) is 21.5. The minimum absolute atomic E-state index is 0.0804. The van der Waals surface area contributed by atoms with E-state index in [-0.39, 0.29) is 12.3 Å². The van der Waals surface area contributed by atoms with E-state index < -0.39 is 0 Å². The number of para-hydroxylation sites is 1. The van der Waals surface area contributed by atoms with Gasteiger partial charge in [-0.3, -0.25) is 4.79 Å². The summed E-state index contributed by atoms with van der Waals surface area (Å²) in [7, 11) is 0. The van der Waals surface area contributed by atoms with Crippen LogP contribution in [0.15, 0.2) is 66.7 Å². The fraction of sp³-hybridized carbons (Fsp3) is 0.130.